The first-order chi connectivity index (χ1) is 17.9. The van der Waals surface area contributed by atoms with Crippen LogP contribution >= 0.6 is 0 Å². The number of nitrogens with zero attached hydrogens (tertiary/aromatic N) is 7. The van der Waals surface area contributed by atoms with Crippen LogP contribution in [0.4, 0.5) is 0 Å². The molecule has 4 aromatic heterocycles. The molecular formula is C25H22N8O4. The van der Waals surface area contributed by atoms with E-state index in [1.165, 1.54) is 35.4 Å². The van der Waals surface area contributed by atoms with Crippen molar-refractivity contribution in [2.75, 3.05) is 13.7 Å². The Kier molecular flexibility index (Phi) is 5.21. The lowest BCUT2D eigenvalue weighted by molar-refractivity contribution is -0.127. The number of ketones is 1. The van der Waals surface area contributed by atoms with Gasteiger partial charge in [0.1, 0.15) is 29.5 Å². The maximum absolute atomic E-state index is 13.4. The summed E-state index contributed by atoms with van der Waals surface area (Å²) >= 11 is 0. The molecule has 0 fully saturated rings. The van der Waals surface area contributed by atoms with E-state index in [1.54, 1.807) is 25.3 Å². The van der Waals surface area contributed by atoms with Crippen molar-refractivity contribution in [1.82, 2.24) is 39.2 Å². The van der Waals surface area contributed by atoms with Crippen molar-refractivity contribution < 1.29 is 19.4 Å². The summed E-state index contributed by atoms with van der Waals surface area (Å²) in [4.78, 5) is 44.3. The van der Waals surface area contributed by atoms with Gasteiger partial charge in [0.2, 0.25) is 0 Å². The lowest BCUT2D eigenvalue weighted by atomic mass is 10.1. The Labute approximate surface area is 210 Å². The fourth-order valence-corrected chi connectivity index (χ4v) is 4.61. The first kappa shape index (κ1) is 22.5. The molecular weight excluding hydrogens is 476 g/mol. The summed E-state index contributed by atoms with van der Waals surface area (Å²) in [7, 11) is 1.48. The minimum absolute atomic E-state index is 0.186. The summed E-state index contributed by atoms with van der Waals surface area (Å²) < 4.78 is 8.98. The van der Waals surface area contributed by atoms with Crippen LogP contribution in [0.15, 0.2) is 49.2 Å². The molecule has 37 heavy (non-hydrogen) atoms. The molecule has 1 aliphatic rings. The second-order valence-corrected chi connectivity index (χ2v) is 8.65. The Balaban J connectivity index is 1.30. The van der Waals surface area contributed by atoms with E-state index in [0.29, 0.717) is 47.2 Å². The number of aromatic hydroxyl groups is 1. The molecule has 186 valence electrons. The predicted molar refractivity (Wildman–Crippen MR) is 131 cm³/mol. The number of ether oxygens (including phenoxy) is 1. The number of nitrogens with one attached hydrogen (secondary N) is 1. The maximum Gasteiger partial charge on any atom is 0.295 e. The van der Waals surface area contributed by atoms with E-state index in [4.69, 9.17) is 4.74 Å². The number of carbonyl (C=O) groups excluding carboxylic acids is 2. The topological polar surface area (TPSA) is 144 Å². The highest BCUT2D eigenvalue weighted by Crippen LogP contribution is 2.32. The summed E-state index contributed by atoms with van der Waals surface area (Å²) in [6, 6.07) is 6.86. The van der Waals surface area contributed by atoms with E-state index in [2.05, 4.69) is 25.0 Å². The van der Waals surface area contributed by atoms with Gasteiger partial charge in [-0.15, -0.1) is 0 Å². The van der Waals surface area contributed by atoms with Gasteiger partial charge in [-0.25, -0.2) is 19.6 Å². The number of phenolic OH excluding ortho intramolecular Hbond substituents is 1. The van der Waals surface area contributed by atoms with Gasteiger partial charge >= 0.3 is 0 Å². The van der Waals surface area contributed by atoms with Crippen LogP contribution in [0.2, 0.25) is 0 Å². The van der Waals surface area contributed by atoms with Crippen molar-refractivity contribution in [3.8, 4) is 28.6 Å². The monoisotopic (exact) mass is 498 g/mol. The number of rotatable bonds is 5. The summed E-state index contributed by atoms with van der Waals surface area (Å²) in [6.07, 6.45) is 6.25. The van der Waals surface area contributed by atoms with Gasteiger partial charge in [-0.1, -0.05) is 0 Å². The van der Waals surface area contributed by atoms with Crippen LogP contribution in [0.1, 0.15) is 22.0 Å². The molecule has 12 nitrogen and oxygen atoms in total. The van der Waals surface area contributed by atoms with Crippen LogP contribution in [0, 0.1) is 6.92 Å². The average molecular weight is 499 g/mol. The van der Waals surface area contributed by atoms with E-state index in [9.17, 15) is 14.7 Å². The minimum Gasteiger partial charge on any atom is -0.508 e. The molecule has 6 rings (SSSR count). The van der Waals surface area contributed by atoms with Gasteiger partial charge in [-0.05, 0) is 31.2 Å². The Morgan fingerprint density at radius 1 is 1.08 bits per heavy atom. The third-order valence-corrected chi connectivity index (χ3v) is 6.45. The van der Waals surface area contributed by atoms with E-state index >= 15 is 0 Å². The van der Waals surface area contributed by atoms with Crippen molar-refractivity contribution in [2.24, 2.45) is 0 Å². The van der Waals surface area contributed by atoms with Crippen LogP contribution in [-0.4, -0.2) is 69.6 Å². The summed E-state index contributed by atoms with van der Waals surface area (Å²) in [6.45, 7) is 2.80. The fourth-order valence-electron chi connectivity index (χ4n) is 4.61. The highest BCUT2D eigenvalue weighted by Gasteiger charge is 2.31. The van der Waals surface area contributed by atoms with Crippen LogP contribution < -0.4 is 4.74 Å². The number of hydrogen-bond acceptors (Lipinski definition) is 8. The predicted octanol–water partition coefficient (Wildman–Crippen LogP) is 2.25. The molecule has 2 N–H and O–H groups in total. The highest BCUT2D eigenvalue weighted by atomic mass is 16.5. The molecule has 0 atom stereocenters. The van der Waals surface area contributed by atoms with Crippen LogP contribution in [0.5, 0.6) is 11.5 Å². The lowest BCUT2D eigenvalue weighted by Gasteiger charge is -2.28. The molecule has 5 heterocycles. The molecule has 5 aromatic rings. The number of aromatic amines is 1. The fraction of sp³-hybridized carbons (Fsp3) is 0.200. The number of Topliss-reactive ketones (excluding diaryl/α,β-unsaturated/α-hetero) is 1. The molecule has 0 radical (unpaired) electrons. The summed E-state index contributed by atoms with van der Waals surface area (Å²) in [5, 5.41) is 14.3. The van der Waals surface area contributed by atoms with Crippen LogP contribution in [0.25, 0.3) is 28.0 Å². The number of benzene rings is 1. The van der Waals surface area contributed by atoms with Crippen molar-refractivity contribution in [3.63, 3.8) is 0 Å². The van der Waals surface area contributed by atoms with Gasteiger partial charge < -0.3 is 24.3 Å². The smallest absolute Gasteiger partial charge is 0.295 e. The molecule has 1 aromatic carbocycles. The number of H-pyrrole nitrogens is 1. The highest BCUT2D eigenvalue weighted by molar-refractivity contribution is 6.45. The number of carbonyl (C=O) groups is 2. The van der Waals surface area contributed by atoms with Crippen molar-refractivity contribution in [1.29, 1.82) is 0 Å². The average Bonchev–Trinajstić information content (AvgIpc) is 3.66. The number of methoxy groups -OCH3 is 1. The zero-order valence-electron chi connectivity index (χ0n) is 20.0. The molecule has 0 saturated heterocycles. The Morgan fingerprint density at radius 2 is 1.89 bits per heavy atom. The molecule has 12 heteroatoms. The van der Waals surface area contributed by atoms with E-state index in [1.807, 2.05) is 16.7 Å². The summed E-state index contributed by atoms with van der Waals surface area (Å²) in [5.74, 6) is 0.949. The number of hydrogen-bond donors (Lipinski definition) is 2. The third kappa shape index (κ3) is 3.69. The van der Waals surface area contributed by atoms with E-state index < -0.39 is 11.7 Å². The molecule has 0 saturated carbocycles. The number of imidazole rings is 1. The van der Waals surface area contributed by atoms with Gasteiger partial charge in [0, 0.05) is 24.8 Å². The zero-order valence-corrected chi connectivity index (χ0v) is 20.0. The standard InChI is InChI=1S/C25H22N8O4/c1-14-29-13-33(30-14)24-22-21(19(37-2)11-28-24)17(9-27-22)23(35)25(36)31-7-8-32-18(10-26-20(32)12-31)15-3-5-16(34)6-4-15/h3-6,9-11,13,27,34H,7-8,12H2,1-2H3. The second kappa shape index (κ2) is 8.59. The first-order valence-corrected chi connectivity index (χ1v) is 11.5. The second-order valence-electron chi connectivity index (χ2n) is 8.65. The number of aromatic nitrogens is 7. The van der Waals surface area contributed by atoms with Gasteiger partial charge in [-0.3, -0.25) is 9.59 Å². The van der Waals surface area contributed by atoms with Crippen molar-refractivity contribution >= 4 is 22.6 Å². The number of pyridine rings is 1. The van der Waals surface area contributed by atoms with Gasteiger partial charge in [0.15, 0.2) is 5.82 Å². The number of phenols is 1. The Bertz CT molecular complexity index is 1660. The van der Waals surface area contributed by atoms with Crippen molar-refractivity contribution in [2.45, 2.75) is 20.0 Å². The third-order valence-electron chi connectivity index (χ3n) is 6.45. The molecule has 1 amide bonds. The maximum atomic E-state index is 13.4. The van der Waals surface area contributed by atoms with E-state index in [-0.39, 0.29) is 17.9 Å². The molecule has 1 aliphatic heterocycles. The van der Waals surface area contributed by atoms with Crippen LogP contribution in [-0.2, 0) is 17.9 Å². The largest absolute Gasteiger partial charge is 0.508 e. The number of fused-ring (bicyclic) bond motifs is 2. The lowest BCUT2D eigenvalue weighted by Crippen LogP contribution is -2.42. The molecule has 0 spiro atoms. The van der Waals surface area contributed by atoms with Crippen LogP contribution in [0.3, 0.4) is 0 Å². The van der Waals surface area contributed by atoms with E-state index in [0.717, 1.165) is 11.3 Å². The molecule has 0 bridgehead atoms. The quantitative estimate of drug-likeness (QED) is 0.277. The van der Waals surface area contributed by atoms with Gasteiger partial charge in [-0.2, -0.15) is 5.10 Å². The number of aryl methyl sites for hydroxylation is 1. The molecule has 0 unspecified atom stereocenters. The van der Waals surface area contributed by atoms with Gasteiger partial charge in [0.05, 0.1) is 48.2 Å². The van der Waals surface area contributed by atoms with Gasteiger partial charge in [0.25, 0.3) is 11.7 Å². The molecule has 0 aliphatic carbocycles. The minimum atomic E-state index is -0.657. The Hall–Kier alpha value is -5.00. The SMILES string of the molecule is COc1cnc(-n2cnc(C)n2)c2[nH]cc(C(=O)C(=O)N3CCn4c(-c5ccc(O)cc5)cnc4C3)c12. The summed E-state index contributed by atoms with van der Waals surface area (Å²) in [5.41, 5.74) is 2.49. The van der Waals surface area contributed by atoms with Crippen molar-refractivity contribution in [3.05, 3.63) is 66.4 Å². The first-order valence-electron chi connectivity index (χ1n) is 11.5. The Morgan fingerprint density at radius 3 is 2.62 bits per heavy atom. The zero-order chi connectivity index (χ0) is 25.7. The number of amides is 1. The normalized spacial score (nSPS) is 13.1.